The van der Waals surface area contributed by atoms with Crippen molar-refractivity contribution in [1.82, 2.24) is 9.97 Å². The van der Waals surface area contributed by atoms with Crippen LogP contribution in [0.3, 0.4) is 0 Å². The van der Waals surface area contributed by atoms with Gasteiger partial charge in [-0.15, -0.1) is 0 Å². The Morgan fingerprint density at radius 2 is 2.25 bits per heavy atom. The van der Waals surface area contributed by atoms with Crippen LogP contribution in [-0.2, 0) is 0 Å². The van der Waals surface area contributed by atoms with Gasteiger partial charge in [-0.2, -0.15) is 0 Å². The molecule has 1 saturated carbocycles. The van der Waals surface area contributed by atoms with E-state index < -0.39 is 0 Å². The fourth-order valence-electron chi connectivity index (χ4n) is 1.82. The maximum atomic E-state index is 9.20. The predicted octanol–water partition coefficient (Wildman–Crippen LogP) is 1.85. The molecular weight excluding hydrogens is 202 g/mol. The third-order valence-corrected chi connectivity index (χ3v) is 2.95. The van der Waals surface area contributed by atoms with E-state index in [1.807, 2.05) is 6.92 Å². The second-order valence-corrected chi connectivity index (χ2v) is 4.62. The monoisotopic (exact) mass is 221 g/mol. The van der Waals surface area contributed by atoms with Crippen LogP contribution in [-0.4, -0.2) is 27.7 Å². The number of aliphatic hydroxyl groups excluding tert-OH is 1. The van der Waals surface area contributed by atoms with Crippen LogP contribution in [0.4, 0.5) is 5.95 Å². The smallest absolute Gasteiger partial charge is 0.223 e. The van der Waals surface area contributed by atoms with Crippen molar-refractivity contribution in [3.8, 4) is 0 Å². The highest BCUT2D eigenvalue weighted by molar-refractivity contribution is 5.30. The SMILES string of the molecule is Cc1cc(C2CCC2)nc(NC[C@@H](C)O)n1. The van der Waals surface area contributed by atoms with Gasteiger partial charge in [-0.3, -0.25) is 0 Å². The lowest BCUT2D eigenvalue weighted by atomic mass is 9.83. The molecule has 0 spiro atoms. The average molecular weight is 221 g/mol. The summed E-state index contributed by atoms with van der Waals surface area (Å²) in [5.74, 6) is 1.26. The Kier molecular flexibility index (Phi) is 3.39. The van der Waals surface area contributed by atoms with Gasteiger partial charge >= 0.3 is 0 Å². The molecule has 2 N–H and O–H groups in total. The van der Waals surface area contributed by atoms with Gasteiger partial charge in [0, 0.05) is 23.9 Å². The molecule has 1 heterocycles. The van der Waals surface area contributed by atoms with E-state index in [1.165, 1.54) is 19.3 Å². The Morgan fingerprint density at radius 1 is 1.50 bits per heavy atom. The van der Waals surface area contributed by atoms with Crippen LogP contribution in [0, 0.1) is 6.92 Å². The van der Waals surface area contributed by atoms with Gasteiger partial charge in [0.1, 0.15) is 0 Å². The van der Waals surface area contributed by atoms with Gasteiger partial charge in [0.15, 0.2) is 0 Å². The highest BCUT2D eigenvalue weighted by Gasteiger charge is 2.21. The molecular formula is C12H19N3O. The Hall–Kier alpha value is -1.16. The third-order valence-electron chi connectivity index (χ3n) is 2.95. The molecule has 4 nitrogen and oxygen atoms in total. The minimum Gasteiger partial charge on any atom is -0.392 e. The number of aliphatic hydroxyl groups is 1. The quantitative estimate of drug-likeness (QED) is 0.814. The van der Waals surface area contributed by atoms with Crippen LogP contribution in [0.5, 0.6) is 0 Å². The molecule has 4 heteroatoms. The minimum atomic E-state index is -0.378. The Morgan fingerprint density at radius 3 is 2.81 bits per heavy atom. The zero-order chi connectivity index (χ0) is 11.5. The van der Waals surface area contributed by atoms with E-state index in [1.54, 1.807) is 6.92 Å². The van der Waals surface area contributed by atoms with Crippen molar-refractivity contribution < 1.29 is 5.11 Å². The van der Waals surface area contributed by atoms with E-state index in [4.69, 9.17) is 0 Å². The summed E-state index contributed by atoms with van der Waals surface area (Å²) >= 11 is 0. The van der Waals surface area contributed by atoms with Gasteiger partial charge in [-0.1, -0.05) is 6.42 Å². The molecule has 1 aromatic rings. The predicted molar refractivity (Wildman–Crippen MR) is 63.5 cm³/mol. The number of hydrogen-bond donors (Lipinski definition) is 2. The van der Waals surface area contributed by atoms with E-state index in [2.05, 4.69) is 21.4 Å². The maximum Gasteiger partial charge on any atom is 0.223 e. The first-order valence-electron chi connectivity index (χ1n) is 5.92. The number of anilines is 1. The lowest BCUT2D eigenvalue weighted by molar-refractivity contribution is 0.208. The fourth-order valence-corrected chi connectivity index (χ4v) is 1.82. The molecule has 1 atom stereocenters. The molecule has 0 aromatic carbocycles. The summed E-state index contributed by atoms with van der Waals surface area (Å²) in [6.07, 6.45) is 3.42. The van der Waals surface area contributed by atoms with E-state index in [-0.39, 0.29) is 6.10 Å². The van der Waals surface area contributed by atoms with E-state index in [0.29, 0.717) is 18.4 Å². The van der Waals surface area contributed by atoms with Crippen molar-refractivity contribution in [2.75, 3.05) is 11.9 Å². The number of aryl methyl sites for hydroxylation is 1. The lowest BCUT2D eigenvalue weighted by Crippen LogP contribution is -2.19. The van der Waals surface area contributed by atoms with Crippen LogP contribution < -0.4 is 5.32 Å². The summed E-state index contributed by atoms with van der Waals surface area (Å²) in [6.45, 7) is 4.22. The fraction of sp³-hybridized carbons (Fsp3) is 0.667. The first-order chi connectivity index (χ1) is 7.65. The van der Waals surface area contributed by atoms with Crippen LogP contribution in [0.25, 0.3) is 0 Å². The molecule has 0 unspecified atom stereocenters. The summed E-state index contributed by atoms with van der Waals surface area (Å²) in [5.41, 5.74) is 2.14. The van der Waals surface area contributed by atoms with E-state index >= 15 is 0 Å². The van der Waals surface area contributed by atoms with Gasteiger partial charge in [-0.05, 0) is 32.8 Å². The number of nitrogens with one attached hydrogen (secondary N) is 1. The van der Waals surface area contributed by atoms with Crippen LogP contribution >= 0.6 is 0 Å². The van der Waals surface area contributed by atoms with Crippen LogP contribution in [0.15, 0.2) is 6.07 Å². The Balaban J connectivity index is 2.08. The highest BCUT2D eigenvalue weighted by Crippen LogP contribution is 2.35. The molecule has 1 aromatic heterocycles. The summed E-state index contributed by atoms with van der Waals surface area (Å²) in [7, 11) is 0. The highest BCUT2D eigenvalue weighted by atomic mass is 16.3. The largest absolute Gasteiger partial charge is 0.392 e. The molecule has 2 rings (SSSR count). The molecule has 0 aliphatic heterocycles. The molecule has 0 saturated heterocycles. The maximum absolute atomic E-state index is 9.20. The zero-order valence-corrected chi connectivity index (χ0v) is 9.90. The van der Waals surface area contributed by atoms with Gasteiger partial charge < -0.3 is 10.4 Å². The van der Waals surface area contributed by atoms with E-state index in [9.17, 15) is 5.11 Å². The Bertz CT molecular complexity index is 361. The zero-order valence-electron chi connectivity index (χ0n) is 9.90. The van der Waals surface area contributed by atoms with Crippen molar-refractivity contribution in [3.05, 3.63) is 17.5 Å². The number of aromatic nitrogens is 2. The minimum absolute atomic E-state index is 0.378. The second-order valence-electron chi connectivity index (χ2n) is 4.62. The summed E-state index contributed by atoms with van der Waals surface area (Å²) < 4.78 is 0. The number of rotatable bonds is 4. The molecule has 1 aliphatic carbocycles. The first kappa shape index (κ1) is 11.3. The molecule has 16 heavy (non-hydrogen) atoms. The first-order valence-corrected chi connectivity index (χ1v) is 5.92. The van der Waals surface area contributed by atoms with Crippen molar-refractivity contribution in [3.63, 3.8) is 0 Å². The van der Waals surface area contributed by atoms with Gasteiger partial charge in [0.2, 0.25) is 5.95 Å². The van der Waals surface area contributed by atoms with Crippen molar-refractivity contribution in [2.45, 2.75) is 45.1 Å². The molecule has 88 valence electrons. The van der Waals surface area contributed by atoms with Gasteiger partial charge in [0.05, 0.1) is 6.10 Å². The number of hydrogen-bond acceptors (Lipinski definition) is 4. The van der Waals surface area contributed by atoms with Crippen LogP contribution in [0.2, 0.25) is 0 Å². The number of nitrogens with zero attached hydrogens (tertiary/aromatic N) is 2. The van der Waals surface area contributed by atoms with E-state index in [0.717, 1.165) is 11.4 Å². The second kappa shape index (κ2) is 4.78. The molecule has 0 bridgehead atoms. The summed E-state index contributed by atoms with van der Waals surface area (Å²) in [6, 6.07) is 2.07. The molecule has 1 fully saturated rings. The molecule has 1 aliphatic rings. The Labute approximate surface area is 96.1 Å². The van der Waals surface area contributed by atoms with Crippen LogP contribution in [0.1, 0.15) is 43.5 Å². The molecule has 0 amide bonds. The summed E-state index contributed by atoms with van der Waals surface area (Å²) in [5, 5.41) is 12.3. The normalized spacial score (nSPS) is 17.9. The molecule has 0 radical (unpaired) electrons. The topological polar surface area (TPSA) is 58.0 Å². The van der Waals surface area contributed by atoms with Gasteiger partial charge in [0.25, 0.3) is 0 Å². The van der Waals surface area contributed by atoms with Crippen molar-refractivity contribution >= 4 is 5.95 Å². The van der Waals surface area contributed by atoms with Gasteiger partial charge in [-0.25, -0.2) is 9.97 Å². The standard InChI is InChI=1S/C12H19N3O/c1-8-6-11(10-4-3-5-10)15-12(14-8)13-7-9(2)16/h6,9-10,16H,3-5,7H2,1-2H3,(H,13,14,15)/t9-/m1/s1. The summed E-state index contributed by atoms with van der Waals surface area (Å²) in [4.78, 5) is 8.81. The third kappa shape index (κ3) is 2.70. The van der Waals surface area contributed by atoms with Crippen molar-refractivity contribution in [1.29, 1.82) is 0 Å². The van der Waals surface area contributed by atoms with Crippen molar-refractivity contribution in [2.24, 2.45) is 0 Å². The lowest BCUT2D eigenvalue weighted by Gasteiger charge is -2.25. The average Bonchev–Trinajstić information content (AvgIpc) is 2.11.